The van der Waals surface area contributed by atoms with Crippen molar-refractivity contribution in [3.8, 4) is 0 Å². The maximum atomic E-state index is 13.7. The summed E-state index contributed by atoms with van der Waals surface area (Å²) in [5.41, 5.74) is 1.17. The first-order chi connectivity index (χ1) is 8.99. The second-order valence-corrected chi connectivity index (χ2v) is 5.79. The Bertz CT molecular complexity index is 578. The summed E-state index contributed by atoms with van der Waals surface area (Å²) in [5, 5.41) is 0.817. The second-order valence-electron chi connectivity index (χ2n) is 4.05. The van der Waals surface area contributed by atoms with Gasteiger partial charge in [-0.25, -0.2) is 4.39 Å². The fraction of sp³-hybridized carbons (Fsp3) is 0.143. The molecule has 100 valence electrons. The Morgan fingerprint density at radius 1 is 0.947 bits per heavy atom. The van der Waals surface area contributed by atoms with Crippen LogP contribution in [0, 0.1) is 5.82 Å². The van der Waals surface area contributed by atoms with Crippen LogP contribution in [0.5, 0.6) is 0 Å². The molecule has 2 aromatic rings. The molecule has 5 heteroatoms. The molecule has 2 rings (SSSR count). The van der Waals surface area contributed by atoms with Crippen LogP contribution in [-0.2, 0) is 6.42 Å². The van der Waals surface area contributed by atoms with Crippen LogP contribution in [0.25, 0.3) is 0 Å². The largest absolute Gasteiger partial charge is 0.207 e. The van der Waals surface area contributed by atoms with E-state index >= 15 is 0 Å². The van der Waals surface area contributed by atoms with Crippen LogP contribution < -0.4 is 0 Å². The first-order valence-electron chi connectivity index (χ1n) is 5.51. The molecule has 0 saturated carbocycles. The molecule has 0 N–H and O–H groups in total. The minimum atomic E-state index is -0.427. The highest BCUT2D eigenvalue weighted by molar-refractivity contribution is 6.42. The van der Waals surface area contributed by atoms with E-state index in [9.17, 15) is 4.39 Å². The van der Waals surface area contributed by atoms with Gasteiger partial charge in [0.25, 0.3) is 0 Å². The van der Waals surface area contributed by atoms with Gasteiger partial charge in [0.05, 0.1) is 15.4 Å². The Labute approximate surface area is 131 Å². The molecular weight excluding hydrogens is 329 g/mol. The van der Waals surface area contributed by atoms with E-state index in [2.05, 4.69) is 0 Å². The monoisotopic (exact) mass is 336 g/mol. The summed E-state index contributed by atoms with van der Waals surface area (Å²) in [6, 6.07) is 9.66. The molecule has 0 fully saturated rings. The highest BCUT2D eigenvalue weighted by Crippen LogP contribution is 2.32. The van der Waals surface area contributed by atoms with Gasteiger partial charge in [-0.2, -0.15) is 0 Å². The maximum Gasteiger partial charge on any atom is 0.127 e. The number of benzene rings is 2. The third kappa shape index (κ3) is 3.55. The lowest BCUT2D eigenvalue weighted by molar-refractivity contribution is 0.607. The number of alkyl halides is 1. The molecule has 1 atom stereocenters. The zero-order valence-electron chi connectivity index (χ0n) is 9.64. The van der Waals surface area contributed by atoms with Crippen molar-refractivity contribution in [1.82, 2.24) is 0 Å². The van der Waals surface area contributed by atoms with E-state index in [4.69, 9.17) is 46.4 Å². The van der Waals surface area contributed by atoms with Gasteiger partial charge in [0.15, 0.2) is 0 Å². The van der Waals surface area contributed by atoms with Crippen LogP contribution in [0.2, 0.25) is 15.1 Å². The topological polar surface area (TPSA) is 0 Å². The van der Waals surface area contributed by atoms with E-state index in [-0.39, 0.29) is 12.2 Å². The fourth-order valence-electron chi connectivity index (χ4n) is 1.73. The molecular formula is C14H9Cl4F. The van der Waals surface area contributed by atoms with E-state index in [1.165, 1.54) is 6.07 Å². The van der Waals surface area contributed by atoms with Gasteiger partial charge in [0, 0.05) is 10.6 Å². The molecule has 2 aromatic carbocycles. The minimum Gasteiger partial charge on any atom is -0.207 e. The molecule has 0 aliphatic heterocycles. The third-order valence-corrected chi connectivity index (χ3v) is 4.25. The van der Waals surface area contributed by atoms with Crippen molar-refractivity contribution in [1.29, 1.82) is 0 Å². The van der Waals surface area contributed by atoms with E-state index in [1.807, 2.05) is 0 Å². The average molecular weight is 338 g/mol. The average Bonchev–Trinajstić information content (AvgIpc) is 2.37. The second kappa shape index (κ2) is 6.32. The maximum absolute atomic E-state index is 13.7. The molecule has 0 amide bonds. The van der Waals surface area contributed by atoms with E-state index < -0.39 is 5.38 Å². The quantitative estimate of drug-likeness (QED) is 0.576. The molecule has 0 nitrogen and oxygen atoms in total. The van der Waals surface area contributed by atoms with Gasteiger partial charge < -0.3 is 0 Å². The lowest BCUT2D eigenvalue weighted by Gasteiger charge is -2.12. The number of halogens is 5. The number of hydrogen-bond donors (Lipinski definition) is 0. The van der Waals surface area contributed by atoms with Crippen molar-refractivity contribution < 1.29 is 4.39 Å². The molecule has 0 heterocycles. The Hall–Kier alpha value is -0.470. The molecule has 0 aliphatic carbocycles. The van der Waals surface area contributed by atoms with Gasteiger partial charge in [-0.1, -0.05) is 46.9 Å². The van der Waals surface area contributed by atoms with Crippen LogP contribution in [0.15, 0.2) is 36.4 Å². The first kappa shape index (κ1) is 14.9. The van der Waals surface area contributed by atoms with Crippen molar-refractivity contribution in [3.05, 3.63) is 68.4 Å². The molecule has 0 spiro atoms. The van der Waals surface area contributed by atoms with Crippen molar-refractivity contribution in [2.24, 2.45) is 0 Å². The van der Waals surface area contributed by atoms with Gasteiger partial charge >= 0.3 is 0 Å². The highest BCUT2D eigenvalue weighted by atomic mass is 35.5. The smallest absolute Gasteiger partial charge is 0.127 e. The Morgan fingerprint density at radius 3 is 2.32 bits per heavy atom. The summed E-state index contributed by atoms with van der Waals surface area (Å²) >= 11 is 24.0. The normalized spacial score (nSPS) is 12.5. The Balaban J connectivity index is 2.25. The van der Waals surface area contributed by atoms with E-state index in [0.717, 1.165) is 5.56 Å². The summed E-state index contributed by atoms with van der Waals surface area (Å²) in [7, 11) is 0. The third-order valence-electron chi connectivity index (χ3n) is 2.75. The van der Waals surface area contributed by atoms with Crippen molar-refractivity contribution in [3.63, 3.8) is 0 Å². The minimum absolute atomic E-state index is 0.283. The predicted molar refractivity (Wildman–Crippen MR) is 80.2 cm³/mol. The van der Waals surface area contributed by atoms with Gasteiger partial charge in [0.2, 0.25) is 0 Å². The standard InChI is InChI=1S/C14H9Cl4F/c15-10-2-1-3-14(19)9(10)7-12(17)8-4-5-11(16)13(18)6-8/h1-6,12H,7H2. The van der Waals surface area contributed by atoms with Gasteiger partial charge in [-0.05, 0) is 36.2 Å². The molecule has 1 unspecified atom stereocenters. The summed E-state index contributed by atoms with van der Waals surface area (Å²) in [6.07, 6.45) is 0.283. The van der Waals surface area contributed by atoms with E-state index in [0.29, 0.717) is 20.6 Å². The Kier molecular flexibility index (Phi) is 4.97. The van der Waals surface area contributed by atoms with Crippen LogP contribution in [-0.4, -0.2) is 0 Å². The zero-order valence-corrected chi connectivity index (χ0v) is 12.7. The van der Waals surface area contributed by atoms with Crippen molar-refractivity contribution in [2.75, 3.05) is 0 Å². The molecule has 0 radical (unpaired) electrons. The van der Waals surface area contributed by atoms with Gasteiger partial charge in [-0.15, -0.1) is 11.6 Å². The molecule has 0 saturated heterocycles. The van der Waals surface area contributed by atoms with Crippen molar-refractivity contribution >= 4 is 46.4 Å². The fourth-order valence-corrected chi connectivity index (χ4v) is 2.57. The van der Waals surface area contributed by atoms with E-state index in [1.54, 1.807) is 30.3 Å². The molecule has 0 aromatic heterocycles. The summed E-state index contributed by atoms with van der Waals surface area (Å²) < 4.78 is 13.7. The highest BCUT2D eigenvalue weighted by Gasteiger charge is 2.15. The zero-order chi connectivity index (χ0) is 14.0. The van der Waals surface area contributed by atoms with Crippen molar-refractivity contribution in [2.45, 2.75) is 11.8 Å². The van der Waals surface area contributed by atoms with Gasteiger partial charge in [-0.3, -0.25) is 0 Å². The Morgan fingerprint density at radius 2 is 1.68 bits per heavy atom. The lowest BCUT2D eigenvalue weighted by atomic mass is 10.0. The van der Waals surface area contributed by atoms with Crippen LogP contribution in [0.1, 0.15) is 16.5 Å². The number of hydrogen-bond acceptors (Lipinski definition) is 0. The summed E-state index contributed by atoms with van der Waals surface area (Å²) in [4.78, 5) is 0. The first-order valence-corrected chi connectivity index (χ1v) is 7.08. The number of rotatable bonds is 3. The van der Waals surface area contributed by atoms with Gasteiger partial charge in [0.1, 0.15) is 5.82 Å². The molecule has 19 heavy (non-hydrogen) atoms. The summed E-state index contributed by atoms with van der Waals surface area (Å²) in [5.74, 6) is -0.363. The van der Waals surface area contributed by atoms with Crippen LogP contribution in [0.4, 0.5) is 4.39 Å². The molecule has 0 aliphatic rings. The van der Waals surface area contributed by atoms with Crippen LogP contribution in [0.3, 0.4) is 0 Å². The van der Waals surface area contributed by atoms with Crippen LogP contribution >= 0.6 is 46.4 Å². The summed E-state index contributed by atoms with van der Waals surface area (Å²) in [6.45, 7) is 0. The SMILES string of the molecule is Fc1cccc(Cl)c1CC(Cl)c1ccc(Cl)c(Cl)c1. The molecule has 0 bridgehead atoms. The predicted octanol–water partition coefficient (Wildman–Crippen LogP) is 6.31. The lowest BCUT2D eigenvalue weighted by Crippen LogP contribution is -1.99.